The molecule has 20 heavy (non-hydrogen) atoms. The van der Waals surface area contributed by atoms with E-state index in [4.69, 9.17) is 10.5 Å². The highest BCUT2D eigenvalue weighted by Gasteiger charge is 1.99. The minimum absolute atomic E-state index is 0.511. The number of amides is 1. The summed E-state index contributed by atoms with van der Waals surface area (Å²) in [4.78, 5) is 10.6. The summed E-state index contributed by atoms with van der Waals surface area (Å²) in [5.41, 5.74) is 6.24. The first-order valence-corrected chi connectivity index (χ1v) is 7.78. The number of nitrogens with two attached hydrogens (primary N) is 1. The first kappa shape index (κ1) is 16.5. The third-order valence-electron chi connectivity index (χ3n) is 3.46. The number of hydrogen-bond donors (Lipinski definition) is 1. The zero-order valence-corrected chi connectivity index (χ0v) is 12.6. The molecule has 0 spiro atoms. The van der Waals surface area contributed by atoms with E-state index in [0.29, 0.717) is 5.75 Å². The van der Waals surface area contributed by atoms with Gasteiger partial charge in [-0.05, 0) is 30.5 Å². The Morgan fingerprint density at radius 2 is 1.50 bits per heavy atom. The van der Waals surface area contributed by atoms with Gasteiger partial charge < -0.3 is 10.5 Å². The fraction of sp³-hybridized carbons (Fsp3) is 0.588. The summed E-state index contributed by atoms with van der Waals surface area (Å²) >= 11 is 0. The largest absolute Gasteiger partial charge is 0.411 e. The fourth-order valence-corrected chi connectivity index (χ4v) is 2.30. The Morgan fingerprint density at radius 3 is 2.05 bits per heavy atom. The molecule has 2 N–H and O–H groups in total. The van der Waals surface area contributed by atoms with E-state index in [0.717, 1.165) is 6.42 Å². The van der Waals surface area contributed by atoms with Crippen molar-refractivity contribution in [3.8, 4) is 5.75 Å². The number of ether oxygens (including phenoxy) is 1. The summed E-state index contributed by atoms with van der Waals surface area (Å²) in [5.74, 6) is 0.511. The topological polar surface area (TPSA) is 52.3 Å². The van der Waals surface area contributed by atoms with Crippen LogP contribution < -0.4 is 10.5 Å². The second-order valence-electron chi connectivity index (χ2n) is 5.29. The second kappa shape index (κ2) is 10.3. The van der Waals surface area contributed by atoms with Crippen LogP contribution in [0.2, 0.25) is 0 Å². The van der Waals surface area contributed by atoms with Crippen LogP contribution in [0.25, 0.3) is 0 Å². The summed E-state index contributed by atoms with van der Waals surface area (Å²) in [7, 11) is 0. The highest BCUT2D eigenvalue weighted by Crippen LogP contribution is 2.15. The average molecular weight is 277 g/mol. The molecule has 0 fully saturated rings. The van der Waals surface area contributed by atoms with Gasteiger partial charge in [-0.3, -0.25) is 0 Å². The van der Waals surface area contributed by atoms with Crippen LogP contribution in [-0.4, -0.2) is 6.09 Å². The third kappa shape index (κ3) is 7.82. The quantitative estimate of drug-likeness (QED) is 0.623. The van der Waals surface area contributed by atoms with Crippen LogP contribution >= 0.6 is 0 Å². The van der Waals surface area contributed by atoms with Gasteiger partial charge in [-0.2, -0.15) is 0 Å². The number of benzene rings is 1. The Bertz CT molecular complexity index is 373. The molecule has 1 rings (SSSR count). The van der Waals surface area contributed by atoms with E-state index in [1.165, 1.54) is 56.9 Å². The van der Waals surface area contributed by atoms with Crippen LogP contribution in [0, 0.1) is 0 Å². The molecule has 0 aliphatic heterocycles. The molecule has 3 heteroatoms. The average Bonchev–Trinajstić information content (AvgIpc) is 2.43. The Balaban J connectivity index is 2.08. The molecular formula is C17H27NO2. The van der Waals surface area contributed by atoms with Gasteiger partial charge >= 0.3 is 6.09 Å². The molecule has 0 aliphatic rings. The lowest BCUT2D eigenvalue weighted by Crippen LogP contribution is -2.16. The van der Waals surface area contributed by atoms with E-state index in [2.05, 4.69) is 6.92 Å². The van der Waals surface area contributed by atoms with Gasteiger partial charge in [-0.25, -0.2) is 4.79 Å². The van der Waals surface area contributed by atoms with Gasteiger partial charge in [0, 0.05) is 0 Å². The molecule has 3 nitrogen and oxygen atoms in total. The standard InChI is InChI=1S/C17H27NO2/c1-2-3-4-5-6-7-8-9-10-15-11-13-16(14-12-15)20-17(18)19/h11-14H,2-10H2,1H3,(H2,18,19). The molecule has 0 radical (unpaired) electrons. The lowest BCUT2D eigenvalue weighted by Gasteiger charge is -2.04. The first-order chi connectivity index (χ1) is 9.72. The van der Waals surface area contributed by atoms with E-state index < -0.39 is 6.09 Å². The van der Waals surface area contributed by atoms with Crippen molar-refractivity contribution in [3.63, 3.8) is 0 Å². The van der Waals surface area contributed by atoms with Gasteiger partial charge in [-0.1, -0.05) is 64.0 Å². The molecule has 112 valence electrons. The highest BCUT2D eigenvalue weighted by atomic mass is 16.5. The number of hydrogen-bond acceptors (Lipinski definition) is 2. The molecule has 0 bridgehead atoms. The molecular weight excluding hydrogens is 250 g/mol. The number of unbranched alkanes of at least 4 members (excludes halogenated alkanes) is 7. The van der Waals surface area contributed by atoms with Crippen molar-refractivity contribution in [2.24, 2.45) is 5.73 Å². The van der Waals surface area contributed by atoms with Crippen molar-refractivity contribution in [3.05, 3.63) is 29.8 Å². The molecule has 1 aromatic rings. The van der Waals surface area contributed by atoms with Gasteiger partial charge in [0.25, 0.3) is 0 Å². The van der Waals surface area contributed by atoms with Crippen LogP contribution in [-0.2, 0) is 6.42 Å². The van der Waals surface area contributed by atoms with E-state index in [-0.39, 0.29) is 0 Å². The van der Waals surface area contributed by atoms with Crippen molar-refractivity contribution >= 4 is 6.09 Å². The van der Waals surface area contributed by atoms with Crippen molar-refractivity contribution < 1.29 is 9.53 Å². The molecule has 0 saturated heterocycles. The van der Waals surface area contributed by atoms with Crippen molar-refractivity contribution in [2.45, 2.75) is 64.7 Å². The van der Waals surface area contributed by atoms with Crippen LogP contribution in [0.5, 0.6) is 5.75 Å². The zero-order valence-electron chi connectivity index (χ0n) is 12.6. The monoisotopic (exact) mass is 277 g/mol. The van der Waals surface area contributed by atoms with Crippen LogP contribution in [0.3, 0.4) is 0 Å². The number of rotatable bonds is 10. The van der Waals surface area contributed by atoms with Gasteiger partial charge in [0.1, 0.15) is 5.75 Å². The Hall–Kier alpha value is -1.51. The smallest absolute Gasteiger partial charge is 0.409 e. The van der Waals surface area contributed by atoms with Gasteiger partial charge in [-0.15, -0.1) is 0 Å². The SMILES string of the molecule is CCCCCCCCCCc1ccc(OC(N)=O)cc1. The summed E-state index contributed by atoms with van der Waals surface area (Å²) in [5, 5.41) is 0. The number of aryl methyl sites for hydroxylation is 1. The van der Waals surface area contributed by atoms with E-state index >= 15 is 0 Å². The van der Waals surface area contributed by atoms with Gasteiger partial charge in [0.15, 0.2) is 0 Å². The molecule has 0 unspecified atom stereocenters. The lowest BCUT2D eigenvalue weighted by atomic mass is 10.0. The summed E-state index contributed by atoms with van der Waals surface area (Å²) in [6, 6.07) is 7.59. The maximum absolute atomic E-state index is 10.6. The van der Waals surface area contributed by atoms with E-state index in [9.17, 15) is 4.79 Å². The van der Waals surface area contributed by atoms with Crippen molar-refractivity contribution in [2.75, 3.05) is 0 Å². The molecule has 0 aliphatic carbocycles. The maximum atomic E-state index is 10.6. The van der Waals surface area contributed by atoms with E-state index in [1.54, 1.807) is 12.1 Å². The number of carbonyl (C=O) groups is 1. The molecule has 0 atom stereocenters. The predicted molar refractivity (Wildman–Crippen MR) is 83.0 cm³/mol. The van der Waals surface area contributed by atoms with Crippen molar-refractivity contribution in [1.82, 2.24) is 0 Å². The number of primary amides is 1. The Morgan fingerprint density at radius 1 is 0.950 bits per heavy atom. The minimum atomic E-state index is -0.763. The second-order valence-corrected chi connectivity index (χ2v) is 5.29. The summed E-state index contributed by atoms with van der Waals surface area (Å²) in [6.07, 6.45) is 11.0. The molecule has 0 aromatic heterocycles. The summed E-state index contributed by atoms with van der Waals surface area (Å²) < 4.78 is 4.80. The fourth-order valence-electron chi connectivity index (χ4n) is 2.30. The van der Waals surface area contributed by atoms with Crippen LogP contribution in [0.15, 0.2) is 24.3 Å². The van der Waals surface area contributed by atoms with Crippen molar-refractivity contribution in [1.29, 1.82) is 0 Å². The molecule has 0 saturated carbocycles. The van der Waals surface area contributed by atoms with Gasteiger partial charge in [0.2, 0.25) is 0 Å². The van der Waals surface area contributed by atoms with E-state index in [1.807, 2.05) is 12.1 Å². The highest BCUT2D eigenvalue weighted by molar-refractivity contribution is 5.67. The Kier molecular flexibility index (Phi) is 8.52. The molecule has 1 amide bonds. The van der Waals surface area contributed by atoms with Gasteiger partial charge in [0.05, 0.1) is 0 Å². The lowest BCUT2D eigenvalue weighted by molar-refractivity contribution is 0.211. The maximum Gasteiger partial charge on any atom is 0.409 e. The van der Waals surface area contributed by atoms with Crippen LogP contribution in [0.1, 0.15) is 63.9 Å². The normalized spacial score (nSPS) is 10.4. The Labute approximate surface area is 122 Å². The predicted octanol–water partition coefficient (Wildman–Crippen LogP) is 4.83. The van der Waals surface area contributed by atoms with Crippen LogP contribution in [0.4, 0.5) is 4.79 Å². The number of carbonyl (C=O) groups excluding carboxylic acids is 1. The zero-order chi connectivity index (χ0) is 14.6. The molecule has 0 heterocycles. The summed E-state index contributed by atoms with van der Waals surface area (Å²) in [6.45, 7) is 2.25. The third-order valence-corrected chi connectivity index (χ3v) is 3.46. The molecule has 1 aromatic carbocycles. The first-order valence-electron chi connectivity index (χ1n) is 7.78. The minimum Gasteiger partial charge on any atom is -0.411 e.